The third-order valence-electron chi connectivity index (χ3n) is 3.60. The zero-order valence-electron chi connectivity index (χ0n) is 10.2. The largest absolute Gasteiger partial charge is 0.329 e. The van der Waals surface area contributed by atoms with Gasteiger partial charge in [-0.1, -0.05) is 17.7 Å². The molecule has 0 atom stereocenters. The van der Waals surface area contributed by atoms with Gasteiger partial charge in [0.25, 0.3) is 0 Å². The van der Waals surface area contributed by atoms with Crippen molar-refractivity contribution in [3.8, 4) is 0 Å². The Balaban J connectivity index is 1.89. The molecule has 5 heteroatoms. The Labute approximate surface area is 116 Å². The van der Waals surface area contributed by atoms with Gasteiger partial charge in [-0.25, -0.2) is 0 Å². The number of nitrogens with one attached hydrogen (secondary N) is 1. The first-order valence-corrected chi connectivity index (χ1v) is 7.14. The minimum Gasteiger partial charge on any atom is -0.329 e. The Kier molecular flexibility index (Phi) is 3.41. The van der Waals surface area contributed by atoms with Crippen molar-refractivity contribution in [1.29, 1.82) is 0 Å². The lowest BCUT2D eigenvalue weighted by atomic mass is 10.3. The van der Waals surface area contributed by atoms with Gasteiger partial charge in [0.1, 0.15) is 0 Å². The topological polar surface area (TPSA) is 24.0 Å². The maximum Gasteiger partial charge on any atom is 0.178 e. The quantitative estimate of drug-likeness (QED) is 0.872. The number of nitrogens with zero attached hydrogens (tertiary/aromatic N) is 2. The number of imidazole rings is 1. The summed E-state index contributed by atoms with van der Waals surface area (Å²) in [6.45, 7) is 4.43. The summed E-state index contributed by atoms with van der Waals surface area (Å²) < 4.78 is 2.91. The monoisotopic (exact) mass is 281 g/mol. The summed E-state index contributed by atoms with van der Waals surface area (Å²) in [4.78, 5) is 5.69. The average molecular weight is 282 g/mol. The van der Waals surface area contributed by atoms with Gasteiger partial charge in [0.15, 0.2) is 4.77 Å². The summed E-state index contributed by atoms with van der Waals surface area (Å²) in [5, 5.41) is 0.735. The minimum absolute atomic E-state index is 0.735. The smallest absolute Gasteiger partial charge is 0.178 e. The van der Waals surface area contributed by atoms with Crippen LogP contribution in [0.15, 0.2) is 18.2 Å². The number of halogens is 1. The van der Waals surface area contributed by atoms with Gasteiger partial charge in [0.05, 0.1) is 16.1 Å². The van der Waals surface area contributed by atoms with Crippen LogP contribution in [0.25, 0.3) is 11.0 Å². The lowest BCUT2D eigenvalue weighted by Gasteiger charge is -2.15. The number of aromatic nitrogens is 2. The van der Waals surface area contributed by atoms with Crippen molar-refractivity contribution >= 4 is 34.9 Å². The number of rotatable bonds is 3. The number of hydrogen-bond donors (Lipinski definition) is 1. The van der Waals surface area contributed by atoms with Crippen molar-refractivity contribution in [1.82, 2.24) is 14.5 Å². The second-order valence-electron chi connectivity index (χ2n) is 4.76. The lowest BCUT2D eigenvalue weighted by Crippen LogP contribution is -2.24. The fourth-order valence-electron chi connectivity index (χ4n) is 2.61. The van der Waals surface area contributed by atoms with Crippen molar-refractivity contribution in [3.05, 3.63) is 28.0 Å². The summed E-state index contributed by atoms with van der Waals surface area (Å²) in [5.74, 6) is 0. The molecule has 1 fully saturated rings. The number of H-pyrrole nitrogens is 1. The van der Waals surface area contributed by atoms with Crippen LogP contribution in [0, 0.1) is 4.77 Å². The van der Waals surface area contributed by atoms with E-state index in [4.69, 9.17) is 23.8 Å². The highest BCUT2D eigenvalue weighted by molar-refractivity contribution is 7.71. The Hall–Kier alpha value is -0.840. The Bertz CT molecular complexity index is 610. The second-order valence-corrected chi connectivity index (χ2v) is 5.56. The fourth-order valence-corrected chi connectivity index (χ4v) is 3.12. The van der Waals surface area contributed by atoms with Crippen LogP contribution in [0.5, 0.6) is 0 Å². The number of likely N-dealkylation sites (tertiary alicyclic amines) is 1. The van der Waals surface area contributed by atoms with Crippen LogP contribution in [0.1, 0.15) is 12.8 Å². The fraction of sp³-hybridized carbons (Fsp3) is 0.462. The number of hydrogen-bond acceptors (Lipinski definition) is 2. The van der Waals surface area contributed by atoms with Gasteiger partial charge < -0.3 is 14.5 Å². The Morgan fingerprint density at radius 3 is 2.78 bits per heavy atom. The Morgan fingerprint density at radius 1 is 1.22 bits per heavy atom. The standard InChI is InChI=1S/C13H16ClN3S/c14-10-4-3-5-11-12(10)15-13(18)17(11)9-8-16-6-1-2-7-16/h3-5H,1-2,6-9H2,(H,15,18). The number of fused-ring (bicyclic) bond motifs is 1. The van der Waals surface area contributed by atoms with Crippen LogP contribution in [0.3, 0.4) is 0 Å². The number of para-hydroxylation sites is 1. The third-order valence-corrected chi connectivity index (χ3v) is 4.24. The molecule has 1 aromatic heterocycles. The molecule has 1 N–H and O–H groups in total. The molecule has 3 rings (SSSR count). The molecule has 1 aliphatic heterocycles. The van der Waals surface area contributed by atoms with Gasteiger partial charge in [-0.2, -0.15) is 0 Å². The van der Waals surface area contributed by atoms with E-state index >= 15 is 0 Å². The van der Waals surface area contributed by atoms with E-state index in [0.717, 1.165) is 33.9 Å². The van der Waals surface area contributed by atoms with Crippen LogP contribution >= 0.6 is 23.8 Å². The molecule has 2 heterocycles. The zero-order chi connectivity index (χ0) is 12.5. The van der Waals surface area contributed by atoms with E-state index < -0.39 is 0 Å². The molecule has 1 aromatic carbocycles. The van der Waals surface area contributed by atoms with E-state index in [0.29, 0.717) is 0 Å². The zero-order valence-corrected chi connectivity index (χ0v) is 11.7. The number of aromatic amines is 1. The van der Waals surface area contributed by atoms with Crippen LogP contribution in [-0.4, -0.2) is 34.1 Å². The average Bonchev–Trinajstić information content (AvgIpc) is 2.95. The van der Waals surface area contributed by atoms with Gasteiger partial charge >= 0.3 is 0 Å². The van der Waals surface area contributed by atoms with Crippen molar-refractivity contribution in [2.45, 2.75) is 19.4 Å². The maximum absolute atomic E-state index is 6.17. The van der Waals surface area contributed by atoms with Crippen molar-refractivity contribution in [3.63, 3.8) is 0 Å². The molecule has 1 aliphatic rings. The lowest BCUT2D eigenvalue weighted by molar-refractivity contribution is 0.323. The van der Waals surface area contributed by atoms with E-state index in [9.17, 15) is 0 Å². The molecular formula is C13H16ClN3S. The SMILES string of the molecule is S=c1[nH]c2c(Cl)cccc2n1CCN1CCCC1. The molecule has 0 saturated carbocycles. The summed E-state index contributed by atoms with van der Waals surface area (Å²) in [5.41, 5.74) is 2.05. The molecule has 1 saturated heterocycles. The highest BCUT2D eigenvalue weighted by atomic mass is 35.5. The molecule has 0 aliphatic carbocycles. The first kappa shape index (κ1) is 12.2. The predicted octanol–water partition coefficient (Wildman–Crippen LogP) is 3.45. The van der Waals surface area contributed by atoms with E-state index in [2.05, 4.69) is 20.5 Å². The molecule has 0 spiro atoms. The van der Waals surface area contributed by atoms with E-state index in [1.54, 1.807) is 0 Å². The van der Waals surface area contributed by atoms with Crippen molar-refractivity contribution in [2.24, 2.45) is 0 Å². The summed E-state index contributed by atoms with van der Waals surface area (Å²) in [6.07, 6.45) is 2.65. The van der Waals surface area contributed by atoms with Crippen molar-refractivity contribution in [2.75, 3.05) is 19.6 Å². The molecule has 0 unspecified atom stereocenters. The van der Waals surface area contributed by atoms with Gasteiger partial charge in [-0.05, 0) is 50.3 Å². The summed E-state index contributed by atoms with van der Waals surface area (Å²) >= 11 is 11.6. The first-order chi connectivity index (χ1) is 8.75. The predicted molar refractivity (Wildman–Crippen MR) is 77.8 cm³/mol. The summed E-state index contributed by atoms with van der Waals surface area (Å²) in [7, 11) is 0. The van der Waals surface area contributed by atoms with Gasteiger partial charge in [-0.15, -0.1) is 0 Å². The minimum atomic E-state index is 0.735. The molecule has 18 heavy (non-hydrogen) atoms. The molecular weight excluding hydrogens is 266 g/mol. The molecule has 0 amide bonds. The molecule has 0 radical (unpaired) electrons. The molecule has 2 aromatic rings. The van der Waals surface area contributed by atoms with Crippen LogP contribution < -0.4 is 0 Å². The van der Waals surface area contributed by atoms with Gasteiger partial charge in [0.2, 0.25) is 0 Å². The third kappa shape index (κ3) is 2.20. The van der Waals surface area contributed by atoms with Crippen LogP contribution in [0.2, 0.25) is 5.02 Å². The van der Waals surface area contributed by atoms with E-state index in [1.165, 1.54) is 25.9 Å². The second kappa shape index (κ2) is 5.03. The van der Waals surface area contributed by atoms with Crippen LogP contribution in [-0.2, 0) is 6.54 Å². The Morgan fingerprint density at radius 2 is 2.00 bits per heavy atom. The highest BCUT2D eigenvalue weighted by Gasteiger charge is 2.12. The molecule has 3 nitrogen and oxygen atoms in total. The van der Waals surface area contributed by atoms with Gasteiger partial charge in [0, 0.05) is 13.1 Å². The molecule has 96 valence electrons. The molecule has 0 bridgehead atoms. The van der Waals surface area contributed by atoms with Gasteiger partial charge in [-0.3, -0.25) is 0 Å². The summed E-state index contributed by atoms with van der Waals surface area (Å²) in [6, 6.07) is 5.93. The van der Waals surface area contributed by atoms with E-state index in [1.807, 2.05) is 12.1 Å². The van der Waals surface area contributed by atoms with Crippen LogP contribution in [0.4, 0.5) is 0 Å². The number of benzene rings is 1. The first-order valence-electron chi connectivity index (χ1n) is 6.35. The highest BCUT2D eigenvalue weighted by Crippen LogP contribution is 2.22. The maximum atomic E-state index is 6.17. The van der Waals surface area contributed by atoms with E-state index in [-0.39, 0.29) is 0 Å². The normalized spacial score (nSPS) is 16.7. The van der Waals surface area contributed by atoms with Crippen molar-refractivity contribution < 1.29 is 0 Å².